The highest BCUT2D eigenvalue weighted by Gasteiger charge is 2.19. The Morgan fingerprint density at radius 3 is 2.55 bits per heavy atom. The lowest BCUT2D eigenvalue weighted by molar-refractivity contribution is -0.113. The number of carbonyl (C=O) groups is 1. The summed E-state index contributed by atoms with van der Waals surface area (Å²) in [5.41, 5.74) is 2.29. The summed E-state index contributed by atoms with van der Waals surface area (Å²) >= 11 is 7.72. The number of aromatic nitrogens is 3. The highest BCUT2D eigenvalue weighted by Crippen LogP contribution is 2.34. The van der Waals surface area contributed by atoms with Gasteiger partial charge in [-0.3, -0.25) is 9.36 Å². The lowest BCUT2D eigenvalue weighted by atomic mass is 10.2. The van der Waals surface area contributed by atoms with Crippen molar-refractivity contribution in [1.29, 1.82) is 0 Å². The Hall–Kier alpha value is -3.49. The van der Waals surface area contributed by atoms with Gasteiger partial charge in [-0.15, -0.1) is 10.2 Å². The third-order valence-corrected chi connectivity index (χ3v) is 6.18. The van der Waals surface area contributed by atoms with E-state index in [9.17, 15) is 4.79 Å². The van der Waals surface area contributed by atoms with Crippen LogP contribution in [0.1, 0.15) is 0 Å². The number of halogens is 1. The molecule has 3 aromatic carbocycles. The van der Waals surface area contributed by atoms with Crippen LogP contribution in [0, 0.1) is 0 Å². The molecule has 1 aliphatic heterocycles. The Morgan fingerprint density at radius 1 is 0.970 bits per heavy atom. The number of thioether (sulfide) groups is 1. The number of para-hydroxylation sites is 1. The van der Waals surface area contributed by atoms with Crippen LogP contribution in [0.2, 0.25) is 5.02 Å². The summed E-state index contributed by atoms with van der Waals surface area (Å²) in [5, 5.41) is 12.8. The first kappa shape index (κ1) is 21.4. The minimum atomic E-state index is -0.168. The Bertz CT molecular complexity index is 1300. The van der Waals surface area contributed by atoms with Gasteiger partial charge in [0.15, 0.2) is 22.5 Å². The van der Waals surface area contributed by atoms with Crippen molar-refractivity contribution in [2.75, 3.05) is 24.3 Å². The molecule has 0 unspecified atom stereocenters. The molecule has 7 nitrogen and oxygen atoms in total. The molecule has 1 aliphatic rings. The fraction of sp³-hybridized carbons (Fsp3) is 0.125. The summed E-state index contributed by atoms with van der Waals surface area (Å²) < 4.78 is 13.0. The zero-order valence-corrected chi connectivity index (χ0v) is 19.0. The van der Waals surface area contributed by atoms with Crippen molar-refractivity contribution >= 4 is 35.0 Å². The van der Waals surface area contributed by atoms with Crippen molar-refractivity contribution in [3.05, 3.63) is 77.8 Å². The van der Waals surface area contributed by atoms with Crippen molar-refractivity contribution in [2.45, 2.75) is 5.16 Å². The first-order valence-corrected chi connectivity index (χ1v) is 11.6. The summed E-state index contributed by atoms with van der Waals surface area (Å²) in [6.07, 6.45) is 0. The van der Waals surface area contributed by atoms with Crippen molar-refractivity contribution in [3.8, 4) is 28.6 Å². The zero-order chi connectivity index (χ0) is 22.6. The maximum atomic E-state index is 12.7. The van der Waals surface area contributed by atoms with Gasteiger partial charge < -0.3 is 14.8 Å². The van der Waals surface area contributed by atoms with Gasteiger partial charge in [-0.25, -0.2) is 0 Å². The normalized spacial score (nSPS) is 12.4. The fourth-order valence-corrected chi connectivity index (χ4v) is 4.41. The monoisotopic (exact) mass is 478 g/mol. The second-order valence-corrected chi connectivity index (χ2v) is 8.50. The average Bonchev–Trinajstić information content (AvgIpc) is 3.27. The molecule has 4 aromatic rings. The largest absolute Gasteiger partial charge is 0.486 e. The van der Waals surface area contributed by atoms with Crippen molar-refractivity contribution < 1.29 is 14.3 Å². The van der Waals surface area contributed by atoms with Crippen LogP contribution in [0.25, 0.3) is 17.1 Å². The van der Waals surface area contributed by atoms with E-state index in [0.717, 1.165) is 11.3 Å². The van der Waals surface area contributed by atoms with Gasteiger partial charge in [0.2, 0.25) is 5.91 Å². The Labute approximate surface area is 199 Å². The minimum Gasteiger partial charge on any atom is -0.486 e. The maximum Gasteiger partial charge on any atom is 0.234 e. The van der Waals surface area contributed by atoms with Crippen LogP contribution in [0.15, 0.2) is 78.0 Å². The highest BCUT2D eigenvalue weighted by atomic mass is 35.5. The minimum absolute atomic E-state index is 0.155. The Morgan fingerprint density at radius 2 is 1.73 bits per heavy atom. The van der Waals surface area contributed by atoms with Gasteiger partial charge in [0, 0.05) is 23.0 Å². The highest BCUT2D eigenvalue weighted by molar-refractivity contribution is 7.99. The van der Waals surface area contributed by atoms with E-state index in [1.165, 1.54) is 11.8 Å². The van der Waals surface area contributed by atoms with Gasteiger partial charge >= 0.3 is 0 Å². The Balaban J connectivity index is 1.36. The molecule has 0 bridgehead atoms. The molecule has 0 fully saturated rings. The lowest BCUT2D eigenvalue weighted by Crippen LogP contribution is -2.17. The molecule has 0 spiro atoms. The van der Waals surface area contributed by atoms with Crippen molar-refractivity contribution in [2.24, 2.45) is 0 Å². The van der Waals surface area contributed by atoms with Gasteiger partial charge in [-0.1, -0.05) is 53.7 Å². The topological polar surface area (TPSA) is 78.3 Å². The van der Waals surface area contributed by atoms with E-state index in [-0.39, 0.29) is 11.7 Å². The van der Waals surface area contributed by atoms with Gasteiger partial charge in [-0.2, -0.15) is 0 Å². The standard InChI is InChI=1S/C24H19ClN4O3S/c25-19-9-5-4-8-18(19)23-27-28-24(29(23)17-6-2-1-3-7-17)33-15-22(30)26-16-10-11-20-21(14-16)32-13-12-31-20/h1-11,14H,12-13,15H2,(H,26,30). The smallest absolute Gasteiger partial charge is 0.234 e. The predicted molar refractivity (Wildman–Crippen MR) is 129 cm³/mol. The van der Waals surface area contributed by atoms with E-state index in [1.807, 2.05) is 59.2 Å². The molecule has 1 amide bonds. The van der Waals surface area contributed by atoms with Crippen LogP contribution in [0.3, 0.4) is 0 Å². The second kappa shape index (κ2) is 9.56. The SMILES string of the molecule is O=C(CSc1nnc(-c2ccccc2Cl)n1-c1ccccc1)Nc1ccc2c(c1)OCCO2. The molecule has 166 valence electrons. The van der Waals surface area contributed by atoms with Gasteiger partial charge in [-0.05, 0) is 36.4 Å². The van der Waals surface area contributed by atoms with Crippen LogP contribution in [-0.4, -0.2) is 39.6 Å². The number of fused-ring (bicyclic) bond motifs is 1. The van der Waals surface area contributed by atoms with E-state index in [1.54, 1.807) is 18.2 Å². The van der Waals surface area contributed by atoms with E-state index in [0.29, 0.717) is 46.4 Å². The summed E-state index contributed by atoms with van der Waals surface area (Å²) in [6.45, 7) is 1.01. The fourth-order valence-electron chi connectivity index (χ4n) is 3.44. The molecule has 5 rings (SSSR count). The molecule has 33 heavy (non-hydrogen) atoms. The van der Waals surface area contributed by atoms with Crippen molar-refractivity contribution in [1.82, 2.24) is 14.8 Å². The third-order valence-electron chi connectivity index (χ3n) is 4.92. The predicted octanol–water partition coefficient (Wildman–Crippen LogP) is 5.09. The van der Waals surface area contributed by atoms with Crippen LogP contribution >= 0.6 is 23.4 Å². The number of carbonyl (C=O) groups excluding carboxylic acids is 1. The molecule has 0 saturated heterocycles. The molecule has 9 heteroatoms. The maximum absolute atomic E-state index is 12.7. The van der Waals surface area contributed by atoms with Gasteiger partial charge in [0.05, 0.1) is 10.8 Å². The molecule has 1 N–H and O–H groups in total. The van der Waals surface area contributed by atoms with E-state index in [2.05, 4.69) is 15.5 Å². The number of benzene rings is 3. The number of hydrogen-bond donors (Lipinski definition) is 1. The molecule has 0 radical (unpaired) electrons. The van der Waals surface area contributed by atoms with Crippen LogP contribution in [0.5, 0.6) is 11.5 Å². The quantitative estimate of drug-likeness (QED) is 0.389. The summed E-state index contributed by atoms with van der Waals surface area (Å²) in [5.74, 6) is 1.90. The second-order valence-electron chi connectivity index (χ2n) is 7.15. The number of anilines is 1. The van der Waals surface area contributed by atoms with E-state index in [4.69, 9.17) is 21.1 Å². The Kier molecular flexibility index (Phi) is 6.19. The van der Waals surface area contributed by atoms with Crippen LogP contribution < -0.4 is 14.8 Å². The molecule has 0 aliphatic carbocycles. The number of rotatable bonds is 6. The summed E-state index contributed by atoms with van der Waals surface area (Å²) in [6, 6.07) is 22.6. The van der Waals surface area contributed by atoms with Gasteiger partial charge in [0.1, 0.15) is 13.2 Å². The summed E-state index contributed by atoms with van der Waals surface area (Å²) in [4.78, 5) is 12.7. The first-order chi connectivity index (χ1) is 16.2. The number of nitrogens with zero attached hydrogens (tertiary/aromatic N) is 3. The average molecular weight is 479 g/mol. The van der Waals surface area contributed by atoms with Crippen LogP contribution in [0.4, 0.5) is 5.69 Å². The molecule has 1 aromatic heterocycles. The van der Waals surface area contributed by atoms with E-state index < -0.39 is 0 Å². The zero-order valence-electron chi connectivity index (χ0n) is 17.4. The number of hydrogen-bond acceptors (Lipinski definition) is 6. The molecule has 0 atom stereocenters. The molecule has 2 heterocycles. The van der Waals surface area contributed by atoms with Crippen molar-refractivity contribution in [3.63, 3.8) is 0 Å². The van der Waals surface area contributed by atoms with E-state index >= 15 is 0 Å². The van der Waals surface area contributed by atoms with Crippen LogP contribution in [-0.2, 0) is 4.79 Å². The lowest BCUT2D eigenvalue weighted by Gasteiger charge is -2.19. The molecular formula is C24H19ClN4O3S. The summed E-state index contributed by atoms with van der Waals surface area (Å²) in [7, 11) is 0. The first-order valence-electron chi connectivity index (χ1n) is 10.3. The third kappa shape index (κ3) is 4.67. The number of nitrogens with one attached hydrogen (secondary N) is 1. The van der Waals surface area contributed by atoms with Gasteiger partial charge in [0.25, 0.3) is 0 Å². The number of amides is 1. The molecular weight excluding hydrogens is 460 g/mol. The molecule has 0 saturated carbocycles. The number of ether oxygens (including phenoxy) is 2.